The van der Waals surface area contributed by atoms with Crippen LogP contribution in [0.4, 0.5) is 17.1 Å². The molecule has 0 unspecified atom stereocenters. The molecule has 134 valence electrons. The van der Waals surface area contributed by atoms with E-state index in [1.807, 2.05) is 0 Å². The van der Waals surface area contributed by atoms with Crippen LogP contribution in [0.15, 0.2) is 42.5 Å². The summed E-state index contributed by atoms with van der Waals surface area (Å²) < 4.78 is 5.09. The van der Waals surface area contributed by atoms with Crippen molar-refractivity contribution in [2.45, 2.75) is 0 Å². The molecule has 1 N–H and O–H groups in total. The standard InChI is InChI=1S/C17H14ClN3O5/c18-15-6-5-13(21(24)25)9-14(15)17(23)19-11-1-3-12(4-2-11)20-7-8-26-10-16(20)22/h1-6,9H,7-8,10H2,(H,19,23). The maximum atomic E-state index is 12.3. The molecule has 2 amide bonds. The topological polar surface area (TPSA) is 102 Å². The lowest BCUT2D eigenvalue weighted by Gasteiger charge is -2.26. The highest BCUT2D eigenvalue weighted by atomic mass is 35.5. The molecule has 9 heteroatoms. The van der Waals surface area contributed by atoms with Crippen molar-refractivity contribution in [2.24, 2.45) is 0 Å². The van der Waals surface area contributed by atoms with Gasteiger partial charge in [0, 0.05) is 30.1 Å². The van der Waals surface area contributed by atoms with E-state index in [9.17, 15) is 19.7 Å². The molecule has 1 fully saturated rings. The minimum Gasteiger partial charge on any atom is -0.370 e. The van der Waals surface area contributed by atoms with Crippen LogP contribution in [0.25, 0.3) is 0 Å². The van der Waals surface area contributed by atoms with Gasteiger partial charge in [-0.05, 0) is 30.3 Å². The quantitative estimate of drug-likeness (QED) is 0.654. The number of hydrogen-bond acceptors (Lipinski definition) is 5. The van der Waals surface area contributed by atoms with E-state index < -0.39 is 10.8 Å². The van der Waals surface area contributed by atoms with Gasteiger partial charge in [-0.15, -0.1) is 0 Å². The molecule has 0 saturated carbocycles. The number of amides is 2. The summed E-state index contributed by atoms with van der Waals surface area (Å²) in [5.41, 5.74) is 0.959. The summed E-state index contributed by atoms with van der Waals surface area (Å²) in [4.78, 5) is 36.0. The van der Waals surface area contributed by atoms with Gasteiger partial charge in [0.2, 0.25) is 0 Å². The first-order valence-electron chi connectivity index (χ1n) is 7.69. The fraction of sp³-hybridized carbons (Fsp3) is 0.176. The number of nitrogens with zero attached hydrogens (tertiary/aromatic N) is 2. The number of ether oxygens (including phenoxy) is 1. The van der Waals surface area contributed by atoms with Crippen molar-refractivity contribution in [1.29, 1.82) is 0 Å². The van der Waals surface area contributed by atoms with Gasteiger partial charge < -0.3 is 15.0 Å². The Labute approximate surface area is 153 Å². The van der Waals surface area contributed by atoms with Crippen LogP contribution in [0.3, 0.4) is 0 Å². The fourth-order valence-electron chi connectivity index (χ4n) is 2.51. The van der Waals surface area contributed by atoms with Gasteiger partial charge in [-0.2, -0.15) is 0 Å². The van der Waals surface area contributed by atoms with Crippen LogP contribution in [0.5, 0.6) is 0 Å². The van der Waals surface area contributed by atoms with E-state index in [0.29, 0.717) is 24.5 Å². The van der Waals surface area contributed by atoms with Crippen LogP contribution < -0.4 is 10.2 Å². The second kappa shape index (κ2) is 7.51. The van der Waals surface area contributed by atoms with Gasteiger partial charge in [0.15, 0.2) is 0 Å². The van der Waals surface area contributed by atoms with Crippen LogP contribution in [0.2, 0.25) is 5.02 Å². The molecule has 1 aliphatic rings. The highest BCUT2D eigenvalue weighted by molar-refractivity contribution is 6.34. The molecule has 0 aliphatic carbocycles. The van der Waals surface area contributed by atoms with E-state index in [0.717, 1.165) is 6.07 Å². The largest absolute Gasteiger partial charge is 0.370 e. The van der Waals surface area contributed by atoms with E-state index in [1.54, 1.807) is 29.2 Å². The van der Waals surface area contributed by atoms with Crippen LogP contribution in [0.1, 0.15) is 10.4 Å². The number of non-ortho nitro benzene ring substituents is 1. The van der Waals surface area contributed by atoms with E-state index in [1.165, 1.54) is 12.1 Å². The Morgan fingerprint density at radius 1 is 1.23 bits per heavy atom. The van der Waals surface area contributed by atoms with E-state index in [-0.39, 0.29) is 28.8 Å². The average molecular weight is 376 g/mol. The predicted octanol–water partition coefficient (Wildman–Crippen LogP) is 2.86. The summed E-state index contributed by atoms with van der Waals surface area (Å²) in [6, 6.07) is 10.3. The number of nitrogens with one attached hydrogen (secondary N) is 1. The van der Waals surface area contributed by atoms with Crippen LogP contribution in [0, 0.1) is 10.1 Å². The molecule has 2 aromatic rings. The maximum absolute atomic E-state index is 12.3. The molecule has 1 saturated heterocycles. The summed E-state index contributed by atoms with van der Waals surface area (Å²) >= 11 is 5.97. The number of hydrogen-bond donors (Lipinski definition) is 1. The summed E-state index contributed by atoms with van der Waals surface area (Å²) in [5.74, 6) is -0.690. The van der Waals surface area contributed by atoms with Crippen LogP contribution >= 0.6 is 11.6 Å². The van der Waals surface area contributed by atoms with E-state index in [4.69, 9.17) is 16.3 Å². The van der Waals surface area contributed by atoms with E-state index >= 15 is 0 Å². The zero-order chi connectivity index (χ0) is 18.7. The van der Waals surface area contributed by atoms with Crippen molar-refractivity contribution in [2.75, 3.05) is 30.0 Å². The zero-order valence-corrected chi connectivity index (χ0v) is 14.2. The smallest absolute Gasteiger partial charge is 0.270 e. The molecule has 3 rings (SSSR count). The monoisotopic (exact) mass is 375 g/mol. The Morgan fingerprint density at radius 3 is 2.62 bits per heavy atom. The first kappa shape index (κ1) is 17.8. The molecular weight excluding hydrogens is 362 g/mol. The van der Waals surface area contributed by atoms with Crippen LogP contribution in [-0.2, 0) is 9.53 Å². The van der Waals surface area contributed by atoms with Gasteiger partial charge in [-0.3, -0.25) is 19.7 Å². The van der Waals surface area contributed by atoms with Gasteiger partial charge in [0.1, 0.15) is 6.61 Å². The SMILES string of the molecule is O=C(Nc1ccc(N2CCOCC2=O)cc1)c1cc([N+](=O)[O-])ccc1Cl. The van der Waals surface area contributed by atoms with Crippen molar-refractivity contribution < 1.29 is 19.2 Å². The Hall–Kier alpha value is -2.97. The molecule has 2 aromatic carbocycles. The Kier molecular flexibility index (Phi) is 5.15. The molecule has 26 heavy (non-hydrogen) atoms. The Bertz CT molecular complexity index is 869. The van der Waals surface area contributed by atoms with Crippen molar-refractivity contribution in [3.63, 3.8) is 0 Å². The number of rotatable bonds is 4. The molecule has 0 aromatic heterocycles. The third-order valence-corrected chi connectivity index (χ3v) is 4.16. The highest BCUT2D eigenvalue weighted by Crippen LogP contribution is 2.24. The first-order chi connectivity index (χ1) is 12.5. The molecule has 0 spiro atoms. The van der Waals surface area contributed by atoms with Gasteiger partial charge >= 0.3 is 0 Å². The average Bonchev–Trinajstić information content (AvgIpc) is 2.63. The minimum absolute atomic E-state index is 0.00769. The van der Waals surface area contributed by atoms with Gasteiger partial charge in [0.25, 0.3) is 17.5 Å². The lowest BCUT2D eigenvalue weighted by atomic mass is 10.1. The summed E-state index contributed by atoms with van der Waals surface area (Å²) in [6.45, 7) is 0.979. The third kappa shape index (κ3) is 3.81. The van der Waals surface area contributed by atoms with Crippen molar-refractivity contribution in [3.8, 4) is 0 Å². The van der Waals surface area contributed by atoms with E-state index in [2.05, 4.69) is 5.32 Å². The number of halogens is 1. The van der Waals surface area contributed by atoms with Gasteiger partial charge in [0.05, 0.1) is 22.1 Å². The predicted molar refractivity (Wildman–Crippen MR) is 95.7 cm³/mol. The first-order valence-corrected chi connectivity index (χ1v) is 8.07. The van der Waals surface area contributed by atoms with Crippen LogP contribution in [-0.4, -0.2) is 36.5 Å². The van der Waals surface area contributed by atoms with Crippen molar-refractivity contribution >= 4 is 40.5 Å². The normalized spacial score (nSPS) is 14.2. The number of nitro benzene ring substituents is 1. The second-order valence-corrected chi connectivity index (χ2v) is 5.93. The number of anilines is 2. The molecule has 1 aliphatic heterocycles. The van der Waals surface area contributed by atoms with Gasteiger partial charge in [-0.1, -0.05) is 11.6 Å². The fourth-order valence-corrected chi connectivity index (χ4v) is 2.72. The number of nitro groups is 1. The number of carbonyl (C=O) groups is 2. The summed E-state index contributed by atoms with van der Waals surface area (Å²) in [6.07, 6.45) is 0. The number of carbonyl (C=O) groups excluding carboxylic acids is 2. The molecule has 8 nitrogen and oxygen atoms in total. The summed E-state index contributed by atoms with van der Waals surface area (Å²) in [5, 5.41) is 13.6. The molecule has 0 atom stereocenters. The number of benzene rings is 2. The summed E-state index contributed by atoms with van der Waals surface area (Å²) in [7, 11) is 0. The molecule has 0 bridgehead atoms. The maximum Gasteiger partial charge on any atom is 0.270 e. The lowest BCUT2D eigenvalue weighted by Crippen LogP contribution is -2.41. The van der Waals surface area contributed by atoms with Crippen molar-refractivity contribution in [3.05, 3.63) is 63.2 Å². The lowest BCUT2D eigenvalue weighted by molar-refractivity contribution is -0.384. The number of morpholine rings is 1. The Balaban J connectivity index is 1.75. The molecular formula is C17H14ClN3O5. The minimum atomic E-state index is -0.596. The molecule has 1 heterocycles. The Morgan fingerprint density at radius 2 is 1.96 bits per heavy atom. The van der Waals surface area contributed by atoms with Crippen molar-refractivity contribution in [1.82, 2.24) is 0 Å². The molecule has 0 radical (unpaired) electrons. The zero-order valence-electron chi connectivity index (χ0n) is 13.5. The van der Waals surface area contributed by atoms with Gasteiger partial charge in [-0.25, -0.2) is 0 Å². The highest BCUT2D eigenvalue weighted by Gasteiger charge is 2.20. The third-order valence-electron chi connectivity index (χ3n) is 3.83. The second-order valence-electron chi connectivity index (χ2n) is 5.52.